The Balaban J connectivity index is 1.98. The maximum atomic E-state index is 10.7. The summed E-state index contributed by atoms with van der Waals surface area (Å²) >= 11 is 0. The third-order valence-electron chi connectivity index (χ3n) is 2.44. The third kappa shape index (κ3) is 4.06. The fourth-order valence-corrected chi connectivity index (χ4v) is 1.56. The molecule has 0 spiro atoms. The van der Waals surface area contributed by atoms with E-state index in [-0.39, 0.29) is 5.91 Å². The summed E-state index contributed by atoms with van der Waals surface area (Å²) in [5.41, 5.74) is 0.948. The molecule has 1 heterocycles. The Morgan fingerprint density at radius 2 is 2.05 bits per heavy atom. The van der Waals surface area contributed by atoms with Gasteiger partial charge in [-0.3, -0.25) is 4.79 Å². The molecule has 1 aromatic carbocycles. The Labute approximate surface area is 112 Å². The molecule has 2 aromatic rings. The lowest BCUT2D eigenvalue weighted by atomic mass is 10.2. The maximum Gasteiger partial charge on any atom is 0.216 e. The molecular formula is C14H15N4O. The van der Waals surface area contributed by atoms with Gasteiger partial charge in [0.05, 0.1) is 6.20 Å². The molecule has 0 bridgehead atoms. The van der Waals surface area contributed by atoms with E-state index in [2.05, 4.69) is 26.8 Å². The third-order valence-corrected chi connectivity index (χ3v) is 2.44. The van der Waals surface area contributed by atoms with E-state index in [0.717, 1.165) is 5.56 Å². The van der Waals surface area contributed by atoms with Gasteiger partial charge in [0.25, 0.3) is 0 Å². The van der Waals surface area contributed by atoms with E-state index in [1.165, 1.54) is 6.92 Å². The number of benzene rings is 1. The van der Waals surface area contributed by atoms with E-state index in [1.54, 1.807) is 6.07 Å². The lowest BCUT2D eigenvalue weighted by Crippen LogP contribution is -2.26. The number of rotatable bonds is 5. The molecule has 0 aliphatic carbocycles. The van der Waals surface area contributed by atoms with Gasteiger partial charge in [0.1, 0.15) is 5.82 Å². The topological polar surface area (TPSA) is 66.9 Å². The lowest BCUT2D eigenvalue weighted by molar-refractivity contribution is -0.118. The maximum absolute atomic E-state index is 10.7. The van der Waals surface area contributed by atoms with Crippen LogP contribution in [0.3, 0.4) is 0 Å². The quantitative estimate of drug-likeness (QED) is 0.794. The molecule has 0 unspecified atom stereocenters. The van der Waals surface area contributed by atoms with E-state index < -0.39 is 0 Å². The molecule has 5 nitrogen and oxygen atoms in total. The van der Waals surface area contributed by atoms with E-state index in [9.17, 15) is 4.79 Å². The average molecular weight is 255 g/mol. The van der Waals surface area contributed by atoms with Crippen LogP contribution in [0.25, 0.3) is 11.4 Å². The molecule has 19 heavy (non-hydrogen) atoms. The summed E-state index contributed by atoms with van der Waals surface area (Å²) in [7, 11) is 0. The van der Waals surface area contributed by atoms with Gasteiger partial charge in [-0.2, -0.15) is 0 Å². The van der Waals surface area contributed by atoms with Gasteiger partial charge in [0.2, 0.25) is 5.91 Å². The molecule has 0 aliphatic heterocycles. The molecule has 1 radical (unpaired) electrons. The van der Waals surface area contributed by atoms with Crippen LogP contribution in [0, 0.1) is 6.20 Å². The molecule has 5 heteroatoms. The van der Waals surface area contributed by atoms with Crippen molar-refractivity contribution in [3.8, 4) is 11.4 Å². The second-order valence-electron chi connectivity index (χ2n) is 3.98. The highest BCUT2D eigenvalue weighted by molar-refractivity contribution is 5.72. The molecule has 2 rings (SSSR count). The van der Waals surface area contributed by atoms with Crippen molar-refractivity contribution in [2.75, 3.05) is 18.4 Å². The zero-order chi connectivity index (χ0) is 13.5. The van der Waals surface area contributed by atoms with Crippen LogP contribution in [0.1, 0.15) is 6.92 Å². The Kier molecular flexibility index (Phi) is 4.44. The Hall–Kier alpha value is -2.43. The minimum atomic E-state index is -0.0407. The number of amides is 1. The number of nitrogens with zero attached hydrogens (tertiary/aromatic N) is 2. The smallest absolute Gasteiger partial charge is 0.216 e. The van der Waals surface area contributed by atoms with Crippen LogP contribution in [-0.2, 0) is 4.79 Å². The van der Waals surface area contributed by atoms with Crippen LogP contribution < -0.4 is 10.6 Å². The summed E-state index contributed by atoms with van der Waals surface area (Å²) in [6.45, 7) is 2.66. The van der Waals surface area contributed by atoms with Gasteiger partial charge in [-0.1, -0.05) is 30.3 Å². The van der Waals surface area contributed by atoms with Crippen molar-refractivity contribution in [3.05, 3.63) is 42.6 Å². The molecule has 0 fully saturated rings. The first-order valence-corrected chi connectivity index (χ1v) is 6.04. The normalized spacial score (nSPS) is 9.95. The first-order chi connectivity index (χ1) is 9.25. The number of hydrogen-bond donors (Lipinski definition) is 2. The van der Waals surface area contributed by atoms with Crippen molar-refractivity contribution >= 4 is 11.7 Å². The number of anilines is 1. The lowest BCUT2D eigenvalue weighted by Gasteiger charge is -2.07. The Bertz CT molecular complexity index is 542. The van der Waals surface area contributed by atoms with E-state index in [4.69, 9.17) is 0 Å². The first kappa shape index (κ1) is 13.0. The van der Waals surface area contributed by atoms with Crippen LogP contribution in [0.4, 0.5) is 5.82 Å². The van der Waals surface area contributed by atoms with Crippen molar-refractivity contribution in [1.82, 2.24) is 15.3 Å². The number of carbonyl (C=O) groups excluding carboxylic acids is 1. The highest BCUT2D eigenvalue weighted by atomic mass is 16.1. The van der Waals surface area contributed by atoms with E-state index in [1.807, 2.05) is 30.3 Å². The minimum Gasteiger partial charge on any atom is -0.368 e. The summed E-state index contributed by atoms with van der Waals surface area (Å²) in [4.78, 5) is 19.2. The van der Waals surface area contributed by atoms with Crippen LogP contribution >= 0.6 is 0 Å². The van der Waals surface area contributed by atoms with Crippen LogP contribution in [-0.4, -0.2) is 29.0 Å². The van der Waals surface area contributed by atoms with Gasteiger partial charge in [0, 0.05) is 31.6 Å². The molecule has 0 saturated heterocycles. The molecule has 2 N–H and O–H groups in total. The first-order valence-electron chi connectivity index (χ1n) is 6.04. The monoisotopic (exact) mass is 255 g/mol. The fourth-order valence-electron chi connectivity index (χ4n) is 1.56. The molecular weight excluding hydrogens is 240 g/mol. The van der Waals surface area contributed by atoms with Crippen LogP contribution in [0.15, 0.2) is 36.4 Å². The fraction of sp³-hybridized carbons (Fsp3) is 0.214. The van der Waals surface area contributed by atoms with Crippen molar-refractivity contribution < 1.29 is 4.79 Å². The highest BCUT2D eigenvalue weighted by Gasteiger charge is 2.01. The summed E-state index contributed by atoms with van der Waals surface area (Å²) in [5, 5.41) is 5.82. The molecule has 97 valence electrons. The van der Waals surface area contributed by atoms with Crippen molar-refractivity contribution in [3.63, 3.8) is 0 Å². The average Bonchev–Trinajstić information content (AvgIpc) is 2.45. The molecule has 1 amide bonds. The highest BCUT2D eigenvalue weighted by Crippen LogP contribution is 2.14. The number of nitrogens with one attached hydrogen (secondary N) is 2. The molecule has 1 aromatic heterocycles. The zero-order valence-electron chi connectivity index (χ0n) is 10.7. The summed E-state index contributed by atoms with van der Waals surface area (Å²) < 4.78 is 0. The second-order valence-corrected chi connectivity index (χ2v) is 3.98. The standard InChI is InChI=1S/C14H15N4O/c1-11(19)15-9-10-16-13-7-8-17-14(18-13)12-5-3-2-4-6-12/h2-7H,9-10H2,1H3,(H,15,19)(H,16,17,18). The molecule has 0 atom stereocenters. The molecule has 0 saturated carbocycles. The van der Waals surface area contributed by atoms with Gasteiger partial charge in [-0.05, 0) is 0 Å². The van der Waals surface area contributed by atoms with E-state index >= 15 is 0 Å². The van der Waals surface area contributed by atoms with Crippen molar-refractivity contribution in [2.45, 2.75) is 6.92 Å². The van der Waals surface area contributed by atoms with E-state index in [0.29, 0.717) is 24.7 Å². The van der Waals surface area contributed by atoms with Crippen molar-refractivity contribution in [1.29, 1.82) is 0 Å². The van der Waals surface area contributed by atoms with Gasteiger partial charge in [-0.15, -0.1) is 0 Å². The minimum absolute atomic E-state index is 0.0407. The van der Waals surface area contributed by atoms with Crippen molar-refractivity contribution in [2.24, 2.45) is 0 Å². The second kappa shape index (κ2) is 6.49. The Morgan fingerprint density at radius 3 is 2.79 bits per heavy atom. The number of aromatic nitrogens is 2. The van der Waals surface area contributed by atoms with Gasteiger partial charge < -0.3 is 10.6 Å². The van der Waals surface area contributed by atoms with Crippen LogP contribution in [0.5, 0.6) is 0 Å². The predicted octanol–water partition coefficient (Wildman–Crippen LogP) is 1.49. The zero-order valence-corrected chi connectivity index (χ0v) is 10.7. The molecule has 0 aliphatic rings. The summed E-state index contributed by atoms with van der Waals surface area (Å²) in [5.74, 6) is 1.28. The van der Waals surface area contributed by atoms with Gasteiger partial charge in [0.15, 0.2) is 5.82 Å². The summed E-state index contributed by atoms with van der Waals surface area (Å²) in [6.07, 6.45) is 2.82. The van der Waals surface area contributed by atoms with Crippen LogP contribution in [0.2, 0.25) is 0 Å². The van der Waals surface area contributed by atoms with Gasteiger partial charge in [-0.25, -0.2) is 9.97 Å². The predicted molar refractivity (Wildman–Crippen MR) is 73.5 cm³/mol. The Morgan fingerprint density at radius 1 is 1.26 bits per heavy atom. The number of hydrogen-bond acceptors (Lipinski definition) is 4. The van der Waals surface area contributed by atoms with Gasteiger partial charge >= 0.3 is 0 Å². The number of carbonyl (C=O) groups is 1. The summed E-state index contributed by atoms with van der Waals surface area (Å²) in [6, 6.07) is 11.4. The SMILES string of the molecule is CC(=O)NCCNc1c[c]nc(-c2ccccc2)n1. The largest absolute Gasteiger partial charge is 0.368 e.